The van der Waals surface area contributed by atoms with Crippen molar-refractivity contribution in [2.45, 2.75) is 32.4 Å². The molecule has 0 bridgehead atoms. The lowest BCUT2D eigenvalue weighted by molar-refractivity contribution is 0.173. The van der Waals surface area contributed by atoms with Gasteiger partial charge in [0.25, 0.3) is 0 Å². The number of aryl methyl sites for hydroxylation is 1. The van der Waals surface area contributed by atoms with Crippen LogP contribution in [0.5, 0.6) is 5.75 Å². The maximum Gasteiger partial charge on any atom is 0.148 e. The van der Waals surface area contributed by atoms with Crippen LogP contribution in [-0.2, 0) is 0 Å². The highest BCUT2D eigenvalue weighted by Crippen LogP contribution is 2.32. The fourth-order valence-electron chi connectivity index (χ4n) is 1.92. The zero-order valence-corrected chi connectivity index (χ0v) is 13.8. The fourth-order valence-corrected chi connectivity index (χ4v) is 3.31. The predicted molar refractivity (Wildman–Crippen MR) is 84.8 cm³/mol. The molecule has 2 nitrogen and oxygen atoms in total. The van der Waals surface area contributed by atoms with E-state index in [0.29, 0.717) is 10.2 Å². The number of rotatable bonds is 5. The first-order valence-corrected chi connectivity index (χ1v) is 8.11. The summed E-state index contributed by atoms with van der Waals surface area (Å²) in [5, 5.41) is 2.03. The van der Waals surface area contributed by atoms with Gasteiger partial charge in [-0.25, -0.2) is 4.39 Å². The van der Waals surface area contributed by atoms with E-state index in [1.165, 1.54) is 11.6 Å². The average molecular weight is 358 g/mol. The highest BCUT2D eigenvalue weighted by atomic mass is 79.9. The molecule has 2 unspecified atom stereocenters. The number of thiophene rings is 1. The smallest absolute Gasteiger partial charge is 0.148 e. The Bertz CT molecular complexity index is 587. The zero-order chi connectivity index (χ0) is 14.7. The van der Waals surface area contributed by atoms with Crippen molar-refractivity contribution in [2.75, 3.05) is 0 Å². The van der Waals surface area contributed by atoms with Crippen LogP contribution in [0.4, 0.5) is 4.39 Å². The highest BCUT2D eigenvalue weighted by molar-refractivity contribution is 9.10. The average Bonchev–Trinajstić information content (AvgIpc) is 2.85. The number of nitrogens with two attached hydrogens (primary N) is 1. The van der Waals surface area contributed by atoms with Crippen LogP contribution in [0.25, 0.3) is 0 Å². The van der Waals surface area contributed by atoms with Gasteiger partial charge in [0, 0.05) is 10.9 Å². The first-order chi connectivity index (χ1) is 9.52. The van der Waals surface area contributed by atoms with E-state index in [0.717, 1.165) is 11.3 Å². The molecule has 2 aromatic rings. The summed E-state index contributed by atoms with van der Waals surface area (Å²) in [5.74, 6) is 0.306. The summed E-state index contributed by atoms with van der Waals surface area (Å²) in [4.78, 5) is 1.12. The minimum absolute atomic E-state index is 0.101. The van der Waals surface area contributed by atoms with Gasteiger partial charge in [0.2, 0.25) is 0 Å². The van der Waals surface area contributed by atoms with E-state index in [2.05, 4.69) is 22.0 Å². The van der Waals surface area contributed by atoms with Crippen molar-refractivity contribution in [3.63, 3.8) is 0 Å². The molecule has 0 saturated heterocycles. The Morgan fingerprint density at radius 1 is 1.40 bits per heavy atom. The van der Waals surface area contributed by atoms with Crippen LogP contribution < -0.4 is 10.5 Å². The van der Waals surface area contributed by atoms with Crippen LogP contribution in [0.3, 0.4) is 0 Å². The molecule has 2 N–H and O–H groups in total. The Kier molecular flexibility index (Phi) is 5.18. The second kappa shape index (κ2) is 6.70. The lowest BCUT2D eigenvalue weighted by atomic mass is 10.1. The predicted octanol–water partition coefficient (Wildman–Crippen LogP) is 4.82. The first-order valence-electron chi connectivity index (χ1n) is 6.44. The standard InChI is InChI=1S/C15H17BrFNOS/c1-3-13(18)14(15-9(2)6-7-20-15)19-10-4-5-12(17)11(16)8-10/h4-8,13-14H,3,18H2,1-2H3. The molecule has 0 aliphatic carbocycles. The number of hydrogen-bond donors (Lipinski definition) is 1. The van der Waals surface area contributed by atoms with Crippen molar-refractivity contribution in [3.8, 4) is 5.75 Å². The van der Waals surface area contributed by atoms with Gasteiger partial charge in [-0.2, -0.15) is 0 Å². The molecule has 0 amide bonds. The Morgan fingerprint density at radius 3 is 2.70 bits per heavy atom. The number of ether oxygens (including phenoxy) is 1. The van der Waals surface area contributed by atoms with E-state index in [4.69, 9.17) is 10.5 Å². The van der Waals surface area contributed by atoms with Gasteiger partial charge in [-0.3, -0.25) is 0 Å². The Morgan fingerprint density at radius 2 is 2.15 bits per heavy atom. The Balaban J connectivity index is 2.28. The third-order valence-electron chi connectivity index (χ3n) is 3.17. The monoisotopic (exact) mass is 357 g/mol. The molecule has 1 aromatic heterocycles. The molecule has 1 heterocycles. The van der Waals surface area contributed by atoms with E-state index >= 15 is 0 Å². The molecule has 0 aliphatic rings. The second-order valence-corrected chi connectivity index (χ2v) is 6.46. The quantitative estimate of drug-likeness (QED) is 0.832. The van der Waals surface area contributed by atoms with E-state index in [9.17, 15) is 4.39 Å². The van der Waals surface area contributed by atoms with Gasteiger partial charge < -0.3 is 10.5 Å². The molecule has 2 rings (SSSR count). The molecule has 0 fully saturated rings. The summed E-state index contributed by atoms with van der Waals surface area (Å²) in [6, 6.07) is 6.59. The topological polar surface area (TPSA) is 35.2 Å². The van der Waals surface area contributed by atoms with Crippen LogP contribution in [0.1, 0.15) is 29.9 Å². The summed E-state index contributed by atoms with van der Waals surface area (Å²) in [5.41, 5.74) is 7.36. The van der Waals surface area contributed by atoms with Crippen molar-refractivity contribution in [2.24, 2.45) is 5.73 Å². The molecular formula is C15H17BrFNOS. The molecular weight excluding hydrogens is 341 g/mol. The molecule has 0 spiro atoms. The molecule has 0 radical (unpaired) electrons. The molecule has 0 saturated carbocycles. The highest BCUT2D eigenvalue weighted by Gasteiger charge is 2.23. The second-order valence-electron chi connectivity index (χ2n) is 4.65. The third kappa shape index (κ3) is 3.40. The van der Waals surface area contributed by atoms with Crippen molar-refractivity contribution in [3.05, 3.63) is 50.4 Å². The lowest BCUT2D eigenvalue weighted by Gasteiger charge is -2.24. The molecule has 2 atom stereocenters. The third-order valence-corrected chi connectivity index (χ3v) is 4.86. The summed E-state index contributed by atoms with van der Waals surface area (Å²) in [7, 11) is 0. The van der Waals surface area contributed by atoms with Crippen molar-refractivity contribution < 1.29 is 9.13 Å². The molecule has 20 heavy (non-hydrogen) atoms. The van der Waals surface area contributed by atoms with E-state index in [1.54, 1.807) is 23.5 Å². The van der Waals surface area contributed by atoms with Gasteiger partial charge in [-0.05, 0) is 64.5 Å². The van der Waals surface area contributed by atoms with Crippen LogP contribution in [0.2, 0.25) is 0 Å². The van der Waals surface area contributed by atoms with Gasteiger partial charge in [0.05, 0.1) is 4.47 Å². The molecule has 1 aromatic carbocycles. The lowest BCUT2D eigenvalue weighted by Crippen LogP contribution is -2.31. The summed E-state index contributed by atoms with van der Waals surface area (Å²) >= 11 is 4.81. The van der Waals surface area contributed by atoms with E-state index in [1.807, 2.05) is 19.2 Å². The van der Waals surface area contributed by atoms with Gasteiger partial charge in [-0.1, -0.05) is 6.92 Å². The minimum Gasteiger partial charge on any atom is -0.483 e. The van der Waals surface area contributed by atoms with Crippen molar-refractivity contribution in [1.82, 2.24) is 0 Å². The maximum absolute atomic E-state index is 13.3. The Hall–Kier alpha value is -0.910. The van der Waals surface area contributed by atoms with E-state index < -0.39 is 0 Å². The first kappa shape index (κ1) is 15.5. The summed E-state index contributed by atoms with van der Waals surface area (Å²) < 4.78 is 19.7. The largest absolute Gasteiger partial charge is 0.483 e. The fraction of sp³-hybridized carbons (Fsp3) is 0.333. The van der Waals surface area contributed by atoms with E-state index in [-0.39, 0.29) is 18.0 Å². The number of halogens is 2. The summed E-state index contributed by atoms with van der Waals surface area (Å²) in [6.07, 6.45) is 0.599. The van der Waals surface area contributed by atoms with Crippen molar-refractivity contribution >= 4 is 27.3 Å². The Labute approximate surface area is 130 Å². The van der Waals surface area contributed by atoms with Gasteiger partial charge >= 0.3 is 0 Å². The SMILES string of the molecule is CCC(N)C(Oc1ccc(F)c(Br)c1)c1sccc1C. The van der Waals surface area contributed by atoms with Gasteiger partial charge in [0.15, 0.2) is 0 Å². The van der Waals surface area contributed by atoms with Crippen molar-refractivity contribution in [1.29, 1.82) is 0 Å². The zero-order valence-electron chi connectivity index (χ0n) is 11.4. The molecule has 5 heteroatoms. The van der Waals surface area contributed by atoms with Gasteiger partial charge in [0.1, 0.15) is 17.7 Å². The van der Waals surface area contributed by atoms with Crippen LogP contribution in [0, 0.1) is 12.7 Å². The maximum atomic E-state index is 13.3. The van der Waals surface area contributed by atoms with Crippen LogP contribution >= 0.6 is 27.3 Å². The number of hydrogen-bond acceptors (Lipinski definition) is 3. The van der Waals surface area contributed by atoms with Crippen LogP contribution in [0.15, 0.2) is 34.1 Å². The number of benzene rings is 1. The van der Waals surface area contributed by atoms with Crippen LogP contribution in [-0.4, -0.2) is 6.04 Å². The normalized spacial score (nSPS) is 14.1. The summed E-state index contributed by atoms with van der Waals surface area (Å²) in [6.45, 7) is 4.08. The van der Waals surface area contributed by atoms with Gasteiger partial charge in [-0.15, -0.1) is 11.3 Å². The molecule has 108 valence electrons. The molecule has 0 aliphatic heterocycles. The minimum atomic E-state index is -0.305.